The largest absolute Gasteiger partial charge is 0.454 e. The van der Waals surface area contributed by atoms with Crippen LogP contribution in [0.25, 0.3) is 0 Å². The molecule has 0 spiro atoms. The summed E-state index contributed by atoms with van der Waals surface area (Å²) in [5.41, 5.74) is 1.22. The van der Waals surface area contributed by atoms with Crippen LogP contribution in [0.1, 0.15) is 37.7 Å². The van der Waals surface area contributed by atoms with Crippen LogP contribution in [0, 0.1) is 0 Å². The lowest BCUT2D eigenvalue weighted by Crippen LogP contribution is -2.39. The van der Waals surface area contributed by atoms with Crippen molar-refractivity contribution in [3.05, 3.63) is 23.8 Å². The Bertz CT molecular complexity index is 577. The van der Waals surface area contributed by atoms with Gasteiger partial charge in [-0.15, -0.1) is 24.0 Å². The molecule has 1 fully saturated rings. The van der Waals surface area contributed by atoms with Crippen molar-refractivity contribution < 1.29 is 14.2 Å². The molecular weight excluding hydrogens is 445 g/mol. The number of guanidine groups is 1. The Morgan fingerprint density at radius 2 is 1.92 bits per heavy atom. The van der Waals surface area contributed by atoms with Gasteiger partial charge in [-0.05, 0) is 43.4 Å². The second kappa shape index (κ2) is 11.5. The predicted octanol–water partition coefficient (Wildman–Crippen LogP) is 3.09. The summed E-state index contributed by atoms with van der Waals surface area (Å²) in [5.74, 6) is 2.50. The Morgan fingerprint density at radius 1 is 1.15 bits per heavy atom. The van der Waals surface area contributed by atoms with E-state index in [1.807, 2.05) is 12.1 Å². The van der Waals surface area contributed by atoms with Crippen LogP contribution in [0.4, 0.5) is 0 Å². The minimum Gasteiger partial charge on any atom is -0.454 e. The zero-order chi connectivity index (χ0) is 17.3. The van der Waals surface area contributed by atoms with Crippen molar-refractivity contribution in [1.29, 1.82) is 0 Å². The molecule has 1 saturated carbocycles. The summed E-state index contributed by atoms with van der Waals surface area (Å²) in [6.45, 7) is 2.83. The van der Waals surface area contributed by atoms with Crippen LogP contribution in [0.15, 0.2) is 23.2 Å². The van der Waals surface area contributed by atoms with E-state index >= 15 is 0 Å². The van der Waals surface area contributed by atoms with Crippen LogP contribution in [0.5, 0.6) is 11.5 Å². The number of nitrogens with one attached hydrogen (secondary N) is 2. The third-order valence-electron chi connectivity index (χ3n) is 4.64. The van der Waals surface area contributed by atoms with Gasteiger partial charge < -0.3 is 24.8 Å². The van der Waals surface area contributed by atoms with E-state index < -0.39 is 0 Å². The van der Waals surface area contributed by atoms with Crippen molar-refractivity contribution in [1.82, 2.24) is 10.6 Å². The molecule has 0 atom stereocenters. The SMILES string of the molecule is CN=C(NCCCOC1CCCC1)NCCc1ccc2c(c1)OCO2.I. The average Bonchev–Trinajstić information content (AvgIpc) is 3.31. The Balaban J connectivity index is 0.00000243. The summed E-state index contributed by atoms with van der Waals surface area (Å²) >= 11 is 0. The lowest BCUT2D eigenvalue weighted by molar-refractivity contribution is 0.0574. The summed E-state index contributed by atoms with van der Waals surface area (Å²) in [7, 11) is 1.80. The summed E-state index contributed by atoms with van der Waals surface area (Å²) in [6, 6.07) is 6.08. The molecule has 3 rings (SSSR count). The van der Waals surface area contributed by atoms with Crippen LogP contribution >= 0.6 is 24.0 Å². The number of fused-ring (bicyclic) bond motifs is 1. The molecule has 7 heteroatoms. The van der Waals surface area contributed by atoms with E-state index in [0.29, 0.717) is 12.9 Å². The number of aliphatic imine (C=N–C) groups is 1. The average molecular weight is 475 g/mol. The minimum absolute atomic E-state index is 0. The number of hydrogen-bond acceptors (Lipinski definition) is 4. The van der Waals surface area contributed by atoms with Crippen LogP contribution < -0.4 is 20.1 Å². The molecule has 0 unspecified atom stereocenters. The molecule has 0 aromatic heterocycles. The topological polar surface area (TPSA) is 64.1 Å². The lowest BCUT2D eigenvalue weighted by Gasteiger charge is -2.13. The van der Waals surface area contributed by atoms with Crippen molar-refractivity contribution in [2.24, 2.45) is 4.99 Å². The van der Waals surface area contributed by atoms with E-state index in [1.165, 1.54) is 31.2 Å². The van der Waals surface area contributed by atoms with Gasteiger partial charge in [0.2, 0.25) is 6.79 Å². The monoisotopic (exact) mass is 475 g/mol. The normalized spacial score (nSPS) is 16.4. The second-order valence-corrected chi connectivity index (χ2v) is 6.49. The number of halogens is 1. The van der Waals surface area contributed by atoms with Gasteiger partial charge >= 0.3 is 0 Å². The van der Waals surface area contributed by atoms with Gasteiger partial charge in [0.05, 0.1) is 6.10 Å². The molecule has 1 aliphatic heterocycles. The van der Waals surface area contributed by atoms with Crippen LogP contribution in [0.2, 0.25) is 0 Å². The Hall–Kier alpha value is -1.22. The first kappa shape index (κ1) is 21.1. The number of nitrogens with zero attached hydrogens (tertiary/aromatic N) is 1. The molecule has 146 valence electrons. The first-order chi connectivity index (χ1) is 12.3. The van der Waals surface area contributed by atoms with Crippen molar-refractivity contribution >= 4 is 29.9 Å². The molecule has 1 heterocycles. The van der Waals surface area contributed by atoms with Gasteiger partial charge in [-0.1, -0.05) is 18.9 Å². The standard InChI is InChI=1S/C19H29N3O3.HI/c1-20-19(21-10-4-12-23-16-5-2-3-6-16)22-11-9-15-7-8-17-18(13-15)25-14-24-17;/h7-8,13,16H,2-6,9-12,14H2,1H3,(H2,20,21,22);1H. The predicted molar refractivity (Wildman–Crippen MR) is 114 cm³/mol. The molecular formula is C19H30IN3O3. The number of ether oxygens (including phenoxy) is 3. The van der Waals surface area contributed by atoms with E-state index in [0.717, 1.165) is 50.0 Å². The van der Waals surface area contributed by atoms with E-state index in [-0.39, 0.29) is 24.0 Å². The quantitative estimate of drug-likeness (QED) is 0.262. The van der Waals surface area contributed by atoms with E-state index in [1.54, 1.807) is 7.05 Å². The van der Waals surface area contributed by atoms with Crippen molar-refractivity contribution in [3.8, 4) is 11.5 Å². The first-order valence-corrected chi connectivity index (χ1v) is 9.30. The molecule has 1 aromatic carbocycles. The fraction of sp³-hybridized carbons (Fsp3) is 0.632. The molecule has 2 aliphatic rings. The molecule has 1 aromatic rings. The van der Waals surface area contributed by atoms with Gasteiger partial charge in [-0.2, -0.15) is 0 Å². The van der Waals surface area contributed by atoms with Gasteiger partial charge in [-0.25, -0.2) is 0 Å². The summed E-state index contributed by atoms with van der Waals surface area (Å²) in [6.07, 6.45) is 7.51. The fourth-order valence-corrected chi connectivity index (χ4v) is 3.23. The maximum atomic E-state index is 5.87. The highest BCUT2D eigenvalue weighted by Crippen LogP contribution is 2.32. The van der Waals surface area contributed by atoms with Crippen molar-refractivity contribution in [3.63, 3.8) is 0 Å². The molecule has 0 saturated heterocycles. The zero-order valence-electron chi connectivity index (χ0n) is 15.5. The Kier molecular flexibility index (Phi) is 9.31. The maximum absolute atomic E-state index is 5.87. The van der Waals surface area contributed by atoms with Gasteiger partial charge in [0.25, 0.3) is 0 Å². The summed E-state index contributed by atoms with van der Waals surface area (Å²) in [4.78, 5) is 4.26. The van der Waals surface area contributed by atoms with Crippen LogP contribution in [0.3, 0.4) is 0 Å². The highest BCUT2D eigenvalue weighted by Gasteiger charge is 2.15. The molecule has 1 aliphatic carbocycles. The molecule has 2 N–H and O–H groups in total. The van der Waals surface area contributed by atoms with Gasteiger partial charge in [0.15, 0.2) is 17.5 Å². The van der Waals surface area contributed by atoms with Gasteiger partial charge in [-0.3, -0.25) is 4.99 Å². The Labute approximate surface area is 173 Å². The molecule has 0 amide bonds. The first-order valence-electron chi connectivity index (χ1n) is 9.30. The summed E-state index contributed by atoms with van der Waals surface area (Å²) in [5, 5.41) is 6.68. The zero-order valence-corrected chi connectivity index (χ0v) is 17.8. The number of benzene rings is 1. The number of rotatable bonds is 8. The molecule has 0 bridgehead atoms. The van der Waals surface area contributed by atoms with E-state index in [9.17, 15) is 0 Å². The van der Waals surface area contributed by atoms with Gasteiger partial charge in [0, 0.05) is 26.7 Å². The van der Waals surface area contributed by atoms with Crippen LogP contribution in [-0.4, -0.2) is 45.6 Å². The Morgan fingerprint density at radius 3 is 2.73 bits per heavy atom. The van der Waals surface area contributed by atoms with E-state index in [4.69, 9.17) is 14.2 Å². The lowest BCUT2D eigenvalue weighted by atomic mass is 10.1. The molecule has 0 radical (unpaired) electrons. The maximum Gasteiger partial charge on any atom is 0.231 e. The smallest absolute Gasteiger partial charge is 0.231 e. The second-order valence-electron chi connectivity index (χ2n) is 6.49. The molecule has 26 heavy (non-hydrogen) atoms. The minimum atomic E-state index is 0. The highest BCUT2D eigenvalue weighted by atomic mass is 127. The van der Waals surface area contributed by atoms with Crippen molar-refractivity contribution in [2.45, 2.75) is 44.6 Å². The number of hydrogen-bond donors (Lipinski definition) is 2. The summed E-state index contributed by atoms with van der Waals surface area (Å²) < 4.78 is 16.6. The fourth-order valence-electron chi connectivity index (χ4n) is 3.23. The third kappa shape index (κ3) is 6.50. The van der Waals surface area contributed by atoms with Gasteiger partial charge in [0.1, 0.15) is 0 Å². The van der Waals surface area contributed by atoms with Crippen LogP contribution in [-0.2, 0) is 11.2 Å². The highest BCUT2D eigenvalue weighted by molar-refractivity contribution is 14.0. The van der Waals surface area contributed by atoms with E-state index in [2.05, 4.69) is 21.7 Å². The molecule has 6 nitrogen and oxygen atoms in total. The third-order valence-corrected chi connectivity index (χ3v) is 4.64. The van der Waals surface area contributed by atoms with Crippen molar-refractivity contribution in [2.75, 3.05) is 33.5 Å².